The van der Waals surface area contributed by atoms with Gasteiger partial charge in [0.1, 0.15) is 17.6 Å². The number of aromatic nitrogens is 1. The summed E-state index contributed by atoms with van der Waals surface area (Å²) < 4.78 is 54.9. The van der Waals surface area contributed by atoms with E-state index in [2.05, 4.69) is 4.98 Å². The van der Waals surface area contributed by atoms with Crippen molar-refractivity contribution in [2.45, 2.75) is 57.3 Å². The minimum absolute atomic E-state index is 0.0238. The van der Waals surface area contributed by atoms with Crippen LogP contribution in [0.25, 0.3) is 0 Å². The Hall–Kier alpha value is -1.94. The number of alkyl halides is 3. The quantitative estimate of drug-likeness (QED) is 0.478. The molecular formula is C23H25Cl2F4N3O2. The van der Waals surface area contributed by atoms with E-state index in [1.807, 2.05) is 20.8 Å². The minimum Gasteiger partial charge on any atom is -0.480 e. The predicted molar refractivity (Wildman–Crippen MR) is 121 cm³/mol. The first kappa shape index (κ1) is 26.7. The number of hydrogen-bond donors (Lipinski definition) is 2. The Morgan fingerprint density at radius 3 is 2.29 bits per heavy atom. The molecule has 0 saturated carbocycles. The van der Waals surface area contributed by atoms with Gasteiger partial charge >= 0.3 is 12.1 Å². The van der Waals surface area contributed by atoms with Gasteiger partial charge in [0, 0.05) is 35.8 Å². The summed E-state index contributed by atoms with van der Waals surface area (Å²) in [7, 11) is 0. The van der Waals surface area contributed by atoms with Gasteiger partial charge in [0.05, 0.1) is 5.02 Å². The summed E-state index contributed by atoms with van der Waals surface area (Å²) in [5.41, 5.74) is 4.69. The lowest BCUT2D eigenvalue weighted by molar-refractivity contribution is -0.143. The molecule has 0 radical (unpaired) electrons. The number of rotatable bonds is 5. The van der Waals surface area contributed by atoms with Crippen LogP contribution in [0.3, 0.4) is 0 Å². The van der Waals surface area contributed by atoms with E-state index in [-0.39, 0.29) is 33.3 Å². The third-order valence-electron chi connectivity index (χ3n) is 6.08. The van der Waals surface area contributed by atoms with Crippen LogP contribution >= 0.6 is 23.2 Å². The van der Waals surface area contributed by atoms with Crippen LogP contribution in [0, 0.1) is 11.2 Å². The molecule has 186 valence electrons. The van der Waals surface area contributed by atoms with Crippen LogP contribution in [0.4, 0.5) is 17.6 Å². The third kappa shape index (κ3) is 5.17. The molecule has 2 aromatic rings. The first-order valence-corrected chi connectivity index (χ1v) is 11.3. The van der Waals surface area contributed by atoms with Crippen molar-refractivity contribution in [1.29, 1.82) is 0 Å². The van der Waals surface area contributed by atoms with Gasteiger partial charge in [-0.25, -0.2) is 4.39 Å². The summed E-state index contributed by atoms with van der Waals surface area (Å²) in [6.07, 6.45) is -3.30. The van der Waals surface area contributed by atoms with E-state index in [9.17, 15) is 23.1 Å². The highest BCUT2D eigenvalue weighted by molar-refractivity contribution is 6.31. The number of carboxylic acid groups (broad SMARTS) is 1. The number of carbonyl (C=O) groups is 1. The number of pyridine rings is 1. The number of hydrogen-bond acceptors (Lipinski definition) is 4. The maximum atomic E-state index is 15.2. The smallest absolute Gasteiger partial charge is 0.433 e. The van der Waals surface area contributed by atoms with Crippen LogP contribution < -0.4 is 5.73 Å². The predicted octanol–water partition coefficient (Wildman–Crippen LogP) is 5.90. The van der Waals surface area contributed by atoms with Crippen molar-refractivity contribution in [3.8, 4) is 0 Å². The fourth-order valence-corrected chi connectivity index (χ4v) is 5.31. The molecule has 3 N–H and O–H groups in total. The third-order valence-corrected chi connectivity index (χ3v) is 6.70. The van der Waals surface area contributed by atoms with E-state index in [4.69, 9.17) is 28.9 Å². The molecule has 1 aromatic carbocycles. The molecule has 0 bridgehead atoms. The normalized spacial score (nSPS) is 23.9. The zero-order valence-electron chi connectivity index (χ0n) is 18.7. The van der Waals surface area contributed by atoms with Crippen LogP contribution in [0.15, 0.2) is 30.5 Å². The van der Waals surface area contributed by atoms with Crippen molar-refractivity contribution < 1.29 is 27.5 Å². The standard InChI is InChI=1S/C23H25Cl2F4N3O2/c1-22(2,3)8-15-17(12-9-31-16(7-14(12)25)23(27,28)29)18(20(21(33)34)32(15)10-30)11-5-4-6-13(24)19(11)26/h4-7,9,15,17-18,20H,8,10,30H2,1-3H3,(H,33,34). The zero-order chi connectivity index (χ0) is 25.6. The molecule has 0 spiro atoms. The molecule has 11 heteroatoms. The van der Waals surface area contributed by atoms with Gasteiger partial charge in [-0.1, -0.05) is 56.1 Å². The van der Waals surface area contributed by atoms with Crippen LogP contribution in [0.5, 0.6) is 0 Å². The van der Waals surface area contributed by atoms with Gasteiger partial charge in [-0.05, 0) is 35.1 Å². The van der Waals surface area contributed by atoms with E-state index in [1.54, 1.807) is 0 Å². The molecule has 34 heavy (non-hydrogen) atoms. The number of nitrogens with two attached hydrogens (primary N) is 1. The number of benzene rings is 1. The van der Waals surface area contributed by atoms with Gasteiger partial charge < -0.3 is 10.8 Å². The number of halogens is 6. The first-order chi connectivity index (χ1) is 15.7. The van der Waals surface area contributed by atoms with Gasteiger partial charge in [-0.15, -0.1) is 0 Å². The highest BCUT2D eigenvalue weighted by atomic mass is 35.5. The van der Waals surface area contributed by atoms with Gasteiger partial charge in [0.15, 0.2) is 0 Å². The fraction of sp³-hybridized carbons (Fsp3) is 0.478. The van der Waals surface area contributed by atoms with E-state index >= 15 is 4.39 Å². The Labute approximate surface area is 204 Å². The Kier molecular flexibility index (Phi) is 7.53. The van der Waals surface area contributed by atoms with Crippen LogP contribution in [-0.2, 0) is 11.0 Å². The van der Waals surface area contributed by atoms with E-state index < -0.39 is 47.6 Å². The van der Waals surface area contributed by atoms with Crippen molar-refractivity contribution in [1.82, 2.24) is 9.88 Å². The SMILES string of the molecule is CC(C)(C)CC1C(c2cnc(C(F)(F)F)cc2Cl)C(c2cccc(Cl)c2F)C(C(=O)O)N1CN. The molecule has 0 aliphatic carbocycles. The van der Waals surface area contributed by atoms with Gasteiger partial charge in [-0.3, -0.25) is 14.7 Å². The summed E-state index contributed by atoms with van der Waals surface area (Å²) in [4.78, 5) is 17.5. The molecule has 2 heterocycles. The van der Waals surface area contributed by atoms with Crippen molar-refractivity contribution in [2.24, 2.45) is 11.1 Å². The highest BCUT2D eigenvalue weighted by Gasteiger charge is 2.54. The second-order valence-electron chi connectivity index (χ2n) is 9.60. The summed E-state index contributed by atoms with van der Waals surface area (Å²) in [5, 5.41) is 9.72. The second kappa shape index (κ2) is 9.60. The Bertz CT molecular complexity index is 1080. The van der Waals surface area contributed by atoms with Crippen LogP contribution in [0.1, 0.15) is 55.8 Å². The molecule has 1 aliphatic heterocycles. The molecule has 1 saturated heterocycles. The number of aliphatic carboxylic acids is 1. The topological polar surface area (TPSA) is 79.5 Å². The summed E-state index contributed by atoms with van der Waals surface area (Å²) in [6, 6.07) is 3.11. The maximum Gasteiger partial charge on any atom is 0.433 e. The molecule has 1 aliphatic rings. The summed E-state index contributed by atoms with van der Waals surface area (Å²) >= 11 is 12.3. The summed E-state index contributed by atoms with van der Waals surface area (Å²) in [6.45, 7) is 5.65. The second-order valence-corrected chi connectivity index (χ2v) is 10.4. The zero-order valence-corrected chi connectivity index (χ0v) is 20.2. The minimum atomic E-state index is -4.71. The van der Waals surface area contributed by atoms with Gasteiger partial charge in [0.25, 0.3) is 0 Å². The molecule has 4 atom stereocenters. The first-order valence-electron chi connectivity index (χ1n) is 10.5. The Balaban J connectivity index is 2.30. The lowest BCUT2D eigenvalue weighted by Gasteiger charge is -2.34. The van der Waals surface area contributed by atoms with Crippen molar-refractivity contribution >= 4 is 29.2 Å². The molecule has 0 amide bonds. The van der Waals surface area contributed by atoms with Crippen molar-refractivity contribution in [2.75, 3.05) is 6.67 Å². The number of likely N-dealkylation sites (tertiary alicyclic amines) is 1. The lowest BCUT2D eigenvalue weighted by Crippen LogP contribution is -2.46. The van der Waals surface area contributed by atoms with Gasteiger partial charge in [-0.2, -0.15) is 13.2 Å². The van der Waals surface area contributed by atoms with Crippen LogP contribution in [0.2, 0.25) is 10.0 Å². The van der Waals surface area contributed by atoms with Gasteiger partial charge in [0.2, 0.25) is 0 Å². The lowest BCUT2D eigenvalue weighted by atomic mass is 9.74. The van der Waals surface area contributed by atoms with E-state index in [0.717, 1.165) is 6.20 Å². The molecule has 1 aromatic heterocycles. The molecule has 3 rings (SSSR count). The molecule has 4 unspecified atom stereocenters. The van der Waals surface area contributed by atoms with Crippen molar-refractivity contribution in [3.63, 3.8) is 0 Å². The fourth-order valence-electron chi connectivity index (χ4n) is 4.85. The molecule has 1 fully saturated rings. The van der Waals surface area contributed by atoms with E-state index in [0.29, 0.717) is 12.5 Å². The number of carboxylic acids is 1. The monoisotopic (exact) mass is 521 g/mol. The molecule has 5 nitrogen and oxygen atoms in total. The molecular weight excluding hydrogens is 497 g/mol. The maximum absolute atomic E-state index is 15.2. The Morgan fingerprint density at radius 2 is 1.79 bits per heavy atom. The average molecular weight is 522 g/mol. The average Bonchev–Trinajstić information content (AvgIpc) is 3.01. The number of nitrogens with zero attached hydrogens (tertiary/aromatic N) is 2. The van der Waals surface area contributed by atoms with Crippen LogP contribution in [-0.4, -0.2) is 39.7 Å². The highest BCUT2D eigenvalue weighted by Crippen LogP contribution is 2.53. The van der Waals surface area contributed by atoms with Crippen molar-refractivity contribution in [3.05, 3.63) is 63.1 Å². The Morgan fingerprint density at radius 1 is 1.15 bits per heavy atom. The summed E-state index contributed by atoms with van der Waals surface area (Å²) in [5.74, 6) is -3.90. The van der Waals surface area contributed by atoms with E-state index in [1.165, 1.54) is 23.1 Å². The largest absolute Gasteiger partial charge is 0.480 e.